The quantitative estimate of drug-likeness (QED) is 0.229. The highest BCUT2D eigenvalue weighted by molar-refractivity contribution is 5.74. The third kappa shape index (κ3) is 5.18. The van der Waals surface area contributed by atoms with Crippen molar-refractivity contribution in [2.24, 2.45) is 0 Å². The SMILES string of the molecule is COc1ccc([N+](=O)[O-])cc1COC(c1cccnc1)c1ccc(C#N)c(-c2ccccc2C)c1. The molecule has 7 heteroatoms. The lowest BCUT2D eigenvalue weighted by Gasteiger charge is -2.21. The molecule has 0 spiro atoms. The fourth-order valence-electron chi connectivity index (χ4n) is 4.00. The lowest BCUT2D eigenvalue weighted by Crippen LogP contribution is -2.08. The molecule has 1 unspecified atom stereocenters. The number of non-ortho nitro benzene ring substituents is 1. The minimum absolute atomic E-state index is 0.0393. The van der Waals surface area contributed by atoms with Crippen LogP contribution >= 0.6 is 0 Å². The summed E-state index contributed by atoms with van der Waals surface area (Å²) in [6, 6.07) is 24.0. The van der Waals surface area contributed by atoms with E-state index in [0.29, 0.717) is 16.9 Å². The number of nitro benzene ring substituents is 1. The molecule has 4 aromatic rings. The topological polar surface area (TPSA) is 98.3 Å². The van der Waals surface area contributed by atoms with E-state index in [9.17, 15) is 15.4 Å². The standard InChI is InChI=1S/C28H23N3O4/c1-19-6-3-4-8-25(19)26-15-20(9-10-21(26)16-29)28(22-7-5-13-30-17-22)35-18-23-14-24(31(32)33)11-12-27(23)34-2/h3-15,17,28H,18H2,1-2H3. The molecular weight excluding hydrogens is 442 g/mol. The highest BCUT2D eigenvalue weighted by Crippen LogP contribution is 2.34. The van der Waals surface area contributed by atoms with E-state index in [1.165, 1.54) is 19.2 Å². The molecule has 174 valence electrons. The largest absolute Gasteiger partial charge is 0.496 e. The Morgan fingerprint density at radius 2 is 1.86 bits per heavy atom. The molecule has 3 aromatic carbocycles. The molecule has 0 bridgehead atoms. The van der Waals surface area contributed by atoms with Gasteiger partial charge in [0.25, 0.3) is 5.69 Å². The second kappa shape index (κ2) is 10.6. The van der Waals surface area contributed by atoms with E-state index in [4.69, 9.17) is 9.47 Å². The molecule has 4 rings (SSSR count). The van der Waals surface area contributed by atoms with E-state index in [-0.39, 0.29) is 12.3 Å². The van der Waals surface area contributed by atoms with Crippen molar-refractivity contribution in [1.82, 2.24) is 4.98 Å². The van der Waals surface area contributed by atoms with Crippen LogP contribution in [0.3, 0.4) is 0 Å². The fourth-order valence-corrected chi connectivity index (χ4v) is 4.00. The predicted molar refractivity (Wildman–Crippen MR) is 132 cm³/mol. The summed E-state index contributed by atoms with van der Waals surface area (Å²) in [7, 11) is 1.51. The number of ether oxygens (including phenoxy) is 2. The number of benzene rings is 3. The molecule has 7 nitrogen and oxygen atoms in total. The number of hydrogen-bond acceptors (Lipinski definition) is 6. The molecule has 0 N–H and O–H groups in total. The molecule has 1 heterocycles. The van der Waals surface area contributed by atoms with Gasteiger partial charge in [0.1, 0.15) is 11.9 Å². The number of nitro groups is 1. The molecule has 0 saturated heterocycles. The molecule has 0 aliphatic carbocycles. The first-order chi connectivity index (χ1) is 17.0. The third-order valence-electron chi connectivity index (χ3n) is 5.77. The summed E-state index contributed by atoms with van der Waals surface area (Å²) >= 11 is 0. The highest BCUT2D eigenvalue weighted by Gasteiger charge is 2.20. The van der Waals surface area contributed by atoms with Crippen molar-refractivity contribution in [3.05, 3.63) is 123 Å². The van der Waals surface area contributed by atoms with Crippen LogP contribution in [0.4, 0.5) is 5.69 Å². The van der Waals surface area contributed by atoms with Crippen molar-refractivity contribution in [2.45, 2.75) is 19.6 Å². The van der Waals surface area contributed by atoms with Gasteiger partial charge in [0.05, 0.1) is 30.3 Å². The van der Waals surface area contributed by atoms with E-state index in [1.807, 2.05) is 55.5 Å². The molecule has 0 aliphatic rings. The number of aryl methyl sites for hydroxylation is 1. The van der Waals surface area contributed by atoms with Crippen LogP contribution in [0, 0.1) is 28.4 Å². The lowest BCUT2D eigenvalue weighted by atomic mass is 9.92. The number of methoxy groups -OCH3 is 1. The molecule has 0 fully saturated rings. The van der Waals surface area contributed by atoms with Gasteiger partial charge in [-0.25, -0.2) is 0 Å². The fraction of sp³-hybridized carbons (Fsp3) is 0.143. The molecule has 1 atom stereocenters. The van der Waals surface area contributed by atoms with Gasteiger partial charge in [-0.1, -0.05) is 36.4 Å². The zero-order valence-electron chi connectivity index (χ0n) is 19.3. The van der Waals surface area contributed by atoms with Crippen molar-refractivity contribution in [3.63, 3.8) is 0 Å². The minimum Gasteiger partial charge on any atom is -0.496 e. The van der Waals surface area contributed by atoms with Gasteiger partial charge in [0.15, 0.2) is 0 Å². The summed E-state index contributed by atoms with van der Waals surface area (Å²) in [6.45, 7) is 2.08. The normalized spacial score (nSPS) is 11.5. The van der Waals surface area contributed by atoms with Crippen LogP contribution in [-0.2, 0) is 11.3 Å². The Morgan fingerprint density at radius 3 is 2.54 bits per heavy atom. The molecule has 0 radical (unpaired) electrons. The molecule has 0 amide bonds. The van der Waals surface area contributed by atoms with E-state index in [2.05, 4.69) is 11.1 Å². The predicted octanol–water partition coefficient (Wildman–Crippen LogP) is 6.15. The monoisotopic (exact) mass is 465 g/mol. The lowest BCUT2D eigenvalue weighted by molar-refractivity contribution is -0.385. The van der Waals surface area contributed by atoms with Crippen LogP contribution in [0.25, 0.3) is 11.1 Å². The Kier molecular flexibility index (Phi) is 7.15. The zero-order chi connectivity index (χ0) is 24.8. The summed E-state index contributed by atoms with van der Waals surface area (Å²) in [5.74, 6) is 0.501. The Hall–Kier alpha value is -4.54. The maximum Gasteiger partial charge on any atom is 0.270 e. The second-order valence-electron chi connectivity index (χ2n) is 7.96. The highest BCUT2D eigenvalue weighted by atomic mass is 16.6. The van der Waals surface area contributed by atoms with Crippen LogP contribution in [0.1, 0.15) is 33.9 Å². The van der Waals surface area contributed by atoms with E-state index in [0.717, 1.165) is 27.8 Å². The number of pyridine rings is 1. The van der Waals surface area contributed by atoms with Gasteiger partial charge < -0.3 is 9.47 Å². The van der Waals surface area contributed by atoms with E-state index < -0.39 is 11.0 Å². The van der Waals surface area contributed by atoms with Crippen LogP contribution in [0.5, 0.6) is 5.75 Å². The van der Waals surface area contributed by atoms with Crippen molar-refractivity contribution >= 4 is 5.69 Å². The van der Waals surface area contributed by atoms with Gasteiger partial charge in [0.2, 0.25) is 0 Å². The average molecular weight is 466 g/mol. The second-order valence-corrected chi connectivity index (χ2v) is 7.96. The number of rotatable bonds is 8. The van der Waals surface area contributed by atoms with Crippen molar-refractivity contribution < 1.29 is 14.4 Å². The number of nitriles is 1. The van der Waals surface area contributed by atoms with Gasteiger partial charge in [-0.15, -0.1) is 0 Å². The first-order valence-corrected chi connectivity index (χ1v) is 10.9. The molecule has 35 heavy (non-hydrogen) atoms. The molecular formula is C28H23N3O4. The van der Waals surface area contributed by atoms with Crippen molar-refractivity contribution in [2.75, 3.05) is 7.11 Å². The van der Waals surface area contributed by atoms with Crippen molar-refractivity contribution in [3.8, 4) is 22.9 Å². The summed E-state index contributed by atoms with van der Waals surface area (Å²) in [5, 5.41) is 21.0. The third-order valence-corrected chi connectivity index (χ3v) is 5.77. The van der Waals surface area contributed by atoms with E-state index >= 15 is 0 Å². The van der Waals surface area contributed by atoms with Crippen LogP contribution in [-0.4, -0.2) is 17.0 Å². The van der Waals surface area contributed by atoms with Gasteiger partial charge in [-0.2, -0.15) is 5.26 Å². The molecule has 1 aromatic heterocycles. The van der Waals surface area contributed by atoms with Crippen LogP contribution in [0.15, 0.2) is 85.2 Å². The zero-order valence-corrected chi connectivity index (χ0v) is 19.3. The average Bonchev–Trinajstić information content (AvgIpc) is 2.89. The van der Waals surface area contributed by atoms with E-state index in [1.54, 1.807) is 24.5 Å². The summed E-state index contributed by atoms with van der Waals surface area (Å²) in [4.78, 5) is 15.1. The number of nitrogens with zero attached hydrogens (tertiary/aromatic N) is 3. The Balaban J connectivity index is 1.76. The van der Waals surface area contributed by atoms with Crippen molar-refractivity contribution in [1.29, 1.82) is 5.26 Å². The maximum atomic E-state index is 11.3. The van der Waals surface area contributed by atoms with Gasteiger partial charge in [-0.3, -0.25) is 15.1 Å². The van der Waals surface area contributed by atoms with Gasteiger partial charge in [-0.05, 0) is 47.9 Å². The Morgan fingerprint density at radius 1 is 1.03 bits per heavy atom. The minimum atomic E-state index is -0.525. The number of aromatic nitrogens is 1. The first kappa shape index (κ1) is 23.6. The maximum absolute atomic E-state index is 11.3. The van der Waals surface area contributed by atoms with Crippen LogP contribution in [0.2, 0.25) is 0 Å². The Bertz CT molecular complexity index is 1400. The van der Waals surface area contributed by atoms with Crippen LogP contribution < -0.4 is 4.74 Å². The smallest absolute Gasteiger partial charge is 0.270 e. The van der Waals surface area contributed by atoms with Gasteiger partial charge >= 0.3 is 0 Å². The summed E-state index contributed by atoms with van der Waals surface area (Å²) in [5.41, 5.74) is 5.57. The molecule has 0 aliphatic heterocycles. The summed E-state index contributed by atoms with van der Waals surface area (Å²) < 4.78 is 11.7. The molecule has 0 saturated carbocycles. The summed E-state index contributed by atoms with van der Waals surface area (Å²) in [6.07, 6.45) is 2.88. The Labute approximate surface area is 203 Å². The van der Waals surface area contributed by atoms with Gasteiger partial charge in [0, 0.05) is 41.2 Å². The number of hydrogen-bond donors (Lipinski definition) is 0. The first-order valence-electron chi connectivity index (χ1n) is 10.9.